The Morgan fingerprint density at radius 1 is 1.10 bits per heavy atom. The number of hydrogen-bond donors (Lipinski definition) is 1. The number of para-hydroxylation sites is 2. The van der Waals surface area contributed by atoms with Crippen LogP contribution in [0.3, 0.4) is 0 Å². The van der Waals surface area contributed by atoms with Crippen LogP contribution in [-0.2, 0) is 11.2 Å². The van der Waals surface area contributed by atoms with Crippen molar-refractivity contribution in [2.75, 3.05) is 0 Å². The minimum atomic E-state index is -1.05. The maximum Gasteiger partial charge on any atom is 0.311 e. The van der Waals surface area contributed by atoms with E-state index in [1.807, 2.05) is 88.4 Å². The van der Waals surface area contributed by atoms with Crippen molar-refractivity contribution >= 4 is 17.3 Å². The van der Waals surface area contributed by atoms with Crippen LogP contribution in [0.2, 0.25) is 0 Å². The molecular formula is C27H28O3S. The van der Waals surface area contributed by atoms with Crippen LogP contribution in [0.15, 0.2) is 66.0 Å². The molecule has 3 rings (SSSR count). The molecule has 2 unspecified atom stereocenters. The first-order chi connectivity index (χ1) is 14.8. The summed E-state index contributed by atoms with van der Waals surface area (Å²) in [6.45, 7) is 7.87. The zero-order valence-corrected chi connectivity index (χ0v) is 19.2. The average Bonchev–Trinajstić information content (AvgIpc) is 3.16. The molecule has 0 aliphatic heterocycles. The second kappa shape index (κ2) is 9.85. The smallest absolute Gasteiger partial charge is 0.311 e. The van der Waals surface area contributed by atoms with E-state index in [-0.39, 0.29) is 11.8 Å². The fourth-order valence-corrected chi connectivity index (χ4v) is 4.60. The number of benzene rings is 2. The predicted molar refractivity (Wildman–Crippen MR) is 127 cm³/mol. The Hall–Kier alpha value is -3.03. The molecule has 31 heavy (non-hydrogen) atoms. The highest BCUT2D eigenvalue weighted by Crippen LogP contribution is 2.42. The Kier molecular flexibility index (Phi) is 7.20. The topological polar surface area (TPSA) is 46.5 Å². The van der Waals surface area contributed by atoms with E-state index < -0.39 is 11.4 Å². The molecular weight excluding hydrogens is 404 g/mol. The maximum atomic E-state index is 12.7. The zero-order valence-electron chi connectivity index (χ0n) is 18.4. The van der Waals surface area contributed by atoms with E-state index >= 15 is 0 Å². The number of carboxylic acid groups (broad SMARTS) is 1. The first-order valence-corrected chi connectivity index (χ1v) is 11.3. The third-order valence-corrected chi connectivity index (χ3v) is 6.73. The summed E-state index contributed by atoms with van der Waals surface area (Å²) in [7, 11) is 0. The lowest BCUT2D eigenvalue weighted by atomic mass is 9.65. The van der Waals surface area contributed by atoms with Gasteiger partial charge >= 0.3 is 5.97 Å². The number of carbonyl (C=O) groups is 1. The van der Waals surface area contributed by atoms with E-state index in [1.165, 1.54) is 5.56 Å². The molecule has 0 saturated carbocycles. The van der Waals surface area contributed by atoms with Crippen LogP contribution in [0.5, 0.6) is 11.5 Å². The fraction of sp³-hybridized carbons (Fsp3) is 0.296. The van der Waals surface area contributed by atoms with Gasteiger partial charge in [0.15, 0.2) is 0 Å². The van der Waals surface area contributed by atoms with Crippen molar-refractivity contribution in [1.29, 1.82) is 0 Å². The molecule has 0 bridgehead atoms. The first-order valence-electron chi connectivity index (χ1n) is 10.4. The van der Waals surface area contributed by atoms with Gasteiger partial charge in [-0.2, -0.15) is 0 Å². The van der Waals surface area contributed by atoms with Crippen molar-refractivity contribution in [1.82, 2.24) is 0 Å². The quantitative estimate of drug-likeness (QED) is 0.417. The number of hydrogen-bond acceptors (Lipinski definition) is 3. The van der Waals surface area contributed by atoms with Gasteiger partial charge in [-0.15, -0.1) is 11.3 Å². The van der Waals surface area contributed by atoms with Crippen molar-refractivity contribution in [2.24, 2.45) is 17.3 Å². The normalized spacial score (nSPS) is 13.7. The van der Waals surface area contributed by atoms with Gasteiger partial charge in [-0.05, 0) is 60.0 Å². The zero-order chi connectivity index (χ0) is 22.4. The van der Waals surface area contributed by atoms with Gasteiger partial charge in [-0.3, -0.25) is 4.79 Å². The minimum Gasteiger partial charge on any atom is -0.481 e. The number of aryl methyl sites for hydroxylation is 1. The number of carboxylic acids is 1. The molecule has 4 heteroatoms. The largest absolute Gasteiger partial charge is 0.481 e. The molecule has 0 aliphatic carbocycles. The Bertz CT molecular complexity index is 1090. The van der Waals surface area contributed by atoms with Crippen molar-refractivity contribution in [3.63, 3.8) is 0 Å². The van der Waals surface area contributed by atoms with Gasteiger partial charge in [0, 0.05) is 5.92 Å². The highest BCUT2D eigenvalue weighted by molar-refractivity contribution is 7.10. The lowest BCUT2D eigenvalue weighted by Crippen LogP contribution is -2.44. The van der Waals surface area contributed by atoms with Gasteiger partial charge in [0.25, 0.3) is 0 Å². The highest BCUT2D eigenvalue weighted by atomic mass is 32.1. The van der Waals surface area contributed by atoms with E-state index in [0.29, 0.717) is 12.2 Å². The molecule has 0 fully saturated rings. The SMILES string of the molecule is Cc1csc(C#CC(C)C(Cc2ccccc2Oc2ccccc2)(C(=O)O)C(C)C)c1. The highest BCUT2D eigenvalue weighted by Gasteiger charge is 2.46. The summed E-state index contributed by atoms with van der Waals surface area (Å²) in [5.74, 6) is 6.53. The number of thiophene rings is 1. The van der Waals surface area contributed by atoms with E-state index in [4.69, 9.17) is 4.74 Å². The third kappa shape index (κ3) is 5.18. The summed E-state index contributed by atoms with van der Waals surface area (Å²) in [6, 6.07) is 19.2. The van der Waals surface area contributed by atoms with Crippen LogP contribution in [0.1, 0.15) is 36.8 Å². The molecule has 0 amide bonds. The van der Waals surface area contributed by atoms with Gasteiger partial charge in [0.1, 0.15) is 11.5 Å². The minimum absolute atomic E-state index is 0.121. The second-order valence-electron chi connectivity index (χ2n) is 8.18. The van der Waals surface area contributed by atoms with Crippen LogP contribution >= 0.6 is 11.3 Å². The van der Waals surface area contributed by atoms with Crippen molar-refractivity contribution in [3.8, 4) is 23.3 Å². The molecule has 3 aromatic rings. The summed E-state index contributed by atoms with van der Waals surface area (Å²) in [5, 5.41) is 12.5. The molecule has 3 nitrogen and oxygen atoms in total. The van der Waals surface area contributed by atoms with E-state index in [2.05, 4.69) is 17.2 Å². The monoisotopic (exact) mass is 432 g/mol. The number of ether oxygens (including phenoxy) is 1. The molecule has 0 spiro atoms. The van der Waals surface area contributed by atoms with E-state index in [0.717, 1.165) is 16.2 Å². The number of aliphatic carboxylic acids is 1. The summed E-state index contributed by atoms with van der Waals surface area (Å²) in [6.07, 6.45) is 0.336. The third-order valence-electron chi connectivity index (χ3n) is 5.77. The van der Waals surface area contributed by atoms with Gasteiger partial charge in [-0.1, -0.05) is 69.0 Å². The molecule has 1 heterocycles. The van der Waals surface area contributed by atoms with Gasteiger partial charge in [0.2, 0.25) is 0 Å². The van der Waals surface area contributed by atoms with Crippen LogP contribution in [0.4, 0.5) is 0 Å². The van der Waals surface area contributed by atoms with E-state index in [1.54, 1.807) is 11.3 Å². The maximum absolute atomic E-state index is 12.7. The van der Waals surface area contributed by atoms with Crippen molar-refractivity contribution in [2.45, 2.75) is 34.1 Å². The van der Waals surface area contributed by atoms with Crippen molar-refractivity contribution in [3.05, 3.63) is 82.0 Å². The van der Waals surface area contributed by atoms with Crippen LogP contribution < -0.4 is 4.74 Å². The second-order valence-corrected chi connectivity index (χ2v) is 9.09. The Morgan fingerprint density at radius 3 is 2.39 bits per heavy atom. The predicted octanol–water partition coefficient (Wildman–Crippen LogP) is 6.81. The molecule has 1 aromatic heterocycles. The number of rotatable bonds is 7. The average molecular weight is 433 g/mol. The molecule has 2 aromatic carbocycles. The molecule has 1 N–H and O–H groups in total. The van der Waals surface area contributed by atoms with E-state index in [9.17, 15) is 9.90 Å². The lowest BCUT2D eigenvalue weighted by Gasteiger charge is -2.37. The Morgan fingerprint density at radius 2 is 1.77 bits per heavy atom. The molecule has 2 atom stereocenters. The Labute approximate surface area is 188 Å². The van der Waals surface area contributed by atoms with Crippen LogP contribution in [-0.4, -0.2) is 11.1 Å². The Balaban J connectivity index is 1.97. The van der Waals surface area contributed by atoms with Crippen LogP contribution in [0.25, 0.3) is 0 Å². The molecule has 0 radical (unpaired) electrons. The molecule has 0 saturated heterocycles. The first kappa shape index (κ1) is 22.7. The van der Waals surface area contributed by atoms with Gasteiger partial charge < -0.3 is 9.84 Å². The summed E-state index contributed by atoms with van der Waals surface area (Å²) in [5.41, 5.74) is 0.987. The molecule has 0 aliphatic rings. The summed E-state index contributed by atoms with van der Waals surface area (Å²) >= 11 is 1.59. The van der Waals surface area contributed by atoms with Crippen molar-refractivity contribution < 1.29 is 14.6 Å². The molecule has 160 valence electrons. The van der Waals surface area contributed by atoms with Gasteiger partial charge in [-0.25, -0.2) is 0 Å². The van der Waals surface area contributed by atoms with Crippen LogP contribution in [0, 0.1) is 36.0 Å². The summed E-state index contributed by atoms with van der Waals surface area (Å²) in [4.78, 5) is 13.6. The standard InChI is InChI=1S/C27H28O3S/c1-19(2)27(26(28)29,21(4)14-15-24-16-20(3)18-31-24)17-22-10-8-9-13-25(22)30-23-11-6-5-7-12-23/h5-13,16,18-19,21H,17H2,1-4H3,(H,28,29). The lowest BCUT2D eigenvalue weighted by molar-refractivity contribution is -0.154. The summed E-state index contributed by atoms with van der Waals surface area (Å²) < 4.78 is 6.10. The fourth-order valence-electron chi connectivity index (χ4n) is 3.85. The van der Waals surface area contributed by atoms with Gasteiger partial charge in [0.05, 0.1) is 10.3 Å².